The van der Waals surface area contributed by atoms with E-state index in [0.717, 1.165) is 45.7 Å². The predicted octanol–water partition coefficient (Wildman–Crippen LogP) is 6.33. The van der Waals surface area contributed by atoms with E-state index in [1.165, 1.54) is 0 Å². The van der Waals surface area contributed by atoms with E-state index in [2.05, 4.69) is 39.6 Å². The molecule has 5 nitrogen and oxygen atoms in total. The van der Waals surface area contributed by atoms with E-state index in [-0.39, 0.29) is 0 Å². The van der Waals surface area contributed by atoms with Gasteiger partial charge in [0.2, 0.25) is 0 Å². The van der Waals surface area contributed by atoms with Crippen molar-refractivity contribution >= 4 is 53.2 Å². The third-order valence-electron chi connectivity index (χ3n) is 4.75. The van der Waals surface area contributed by atoms with Crippen LogP contribution in [0.3, 0.4) is 0 Å². The lowest BCUT2D eigenvalue weighted by atomic mass is 10.0. The monoisotopic (exact) mass is 444 g/mol. The highest BCUT2D eigenvalue weighted by molar-refractivity contribution is 6.76. The van der Waals surface area contributed by atoms with Crippen molar-refractivity contribution in [2.24, 2.45) is 0 Å². The molecule has 0 radical (unpaired) electrons. The molecule has 150 valence electrons. The summed E-state index contributed by atoms with van der Waals surface area (Å²) in [6.45, 7) is 8.19. The summed E-state index contributed by atoms with van der Waals surface area (Å²) >= 11 is 12.3. The Morgan fingerprint density at radius 1 is 1.07 bits per heavy atom. The highest BCUT2D eigenvalue weighted by atomic mass is 35.5. The van der Waals surface area contributed by atoms with Crippen LogP contribution >= 0.6 is 23.2 Å². The molecule has 0 aliphatic heterocycles. The van der Waals surface area contributed by atoms with Crippen LogP contribution in [-0.2, 0) is 11.3 Å². The number of aromatic nitrogens is 4. The van der Waals surface area contributed by atoms with Gasteiger partial charge in [-0.3, -0.25) is 0 Å². The Hall–Kier alpha value is -1.99. The van der Waals surface area contributed by atoms with Crippen LogP contribution in [-0.4, -0.2) is 34.6 Å². The summed E-state index contributed by atoms with van der Waals surface area (Å²) in [5, 5.41) is 2.78. The van der Waals surface area contributed by atoms with Crippen molar-refractivity contribution in [2.75, 3.05) is 6.61 Å². The number of nitrogens with zero attached hydrogens (tertiary/aromatic N) is 3. The number of hydrogen-bond acceptors (Lipinski definition) is 4. The molecule has 0 aliphatic carbocycles. The smallest absolute Gasteiger partial charge is 0.156 e. The van der Waals surface area contributed by atoms with Crippen molar-refractivity contribution < 1.29 is 4.74 Å². The van der Waals surface area contributed by atoms with Gasteiger partial charge < -0.3 is 9.72 Å². The summed E-state index contributed by atoms with van der Waals surface area (Å²) in [6, 6.07) is 8.73. The van der Waals surface area contributed by atoms with Crippen molar-refractivity contribution in [3.8, 4) is 11.1 Å². The highest BCUT2D eigenvalue weighted by Gasteiger charge is 2.13. The Bertz CT molecular complexity index is 1190. The van der Waals surface area contributed by atoms with Crippen LogP contribution in [0.5, 0.6) is 0 Å². The van der Waals surface area contributed by atoms with Crippen LogP contribution in [0, 0.1) is 0 Å². The molecule has 0 spiro atoms. The average molecular weight is 445 g/mol. The van der Waals surface area contributed by atoms with Gasteiger partial charge in [0.15, 0.2) is 5.82 Å². The Kier molecular flexibility index (Phi) is 5.62. The molecule has 3 heterocycles. The topological polar surface area (TPSA) is 63.7 Å². The lowest BCUT2D eigenvalue weighted by Crippen LogP contribution is -2.21. The van der Waals surface area contributed by atoms with Gasteiger partial charge in [-0.15, -0.1) is 0 Å². The second-order valence-electron chi connectivity index (χ2n) is 8.27. The van der Waals surface area contributed by atoms with Crippen LogP contribution in [0.15, 0.2) is 36.7 Å². The van der Waals surface area contributed by atoms with Crippen molar-refractivity contribution in [3.63, 3.8) is 0 Å². The summed E-state index contributed by atoms with van der Waals surface area (Å²) in [6.07, 6.45) is 3.77. The zero-order valence-corrected chi connectivity index (χ0v) is 19.1. The van der Waals surface area contributed by atoms with E-state index in [1.807, 2.05) is 30.6 Å². The number of rotatable bonds is 6. The fourth-order valence-electron chi connectivity index (χ4n) is 3.12. The minimum Gasteiger partial charge on any atom is -0.374 e. The van der Waals surface area contributed by atoms with E-state index in [4.69, 9.17) is 27.9 Å². The fourth-order valence-corrected chi connectivity index (χ4v) is 4.39. The van der Waals surface area contributed by atoms with Crippen molar-refractivity contribution in [2.45, 2.75) is 32.3 Å². The van der Waals surface area contributed by atoms with Gasteiger partial charge in [0, 0.05) is 43.4 Å². The zero-order valence-electron chi connectivity index (χ0n) is 16.6. The first-order chi connectivity index (χ1) is 13.8. The van der Waals surface area contributed by atoms with Crippen molar-refractivity contribution in [3.05, 3.63) is 52.7 Å². The molecule has 0 unspecified atom stereocenters. The van der Waals surface area contributed by atoms with E-state index in [9.17, 15) is 0 Å². The van der Waals surface area contributed by atoms with Crippen LogP contribution in [0.1, 0.15) is 5.82 Å². The number of aromatic amines is 1. The molecular weight excluding hydrogens is 423 g/mol. The average Bonchev–Trinajstić information content (AvgIpc) is 3.07. The normalized spacial score (nSPS) is 12.2. The number of halogens is 2. The Labute approximate surface area is 180 Å². The fraction of sp³-hybridized carbons (Fsp3) is 0.286. The predicted molar refractivity (Wildman–Crippen MR) is 122 cm³/mol. The molecule has 0 amide bonds. The van der Waals surface area contributed by atoms with Gasteiger partial charge in [0.25, 0.3) is 0 Å². The lowest BCUT2D eigenvalue weighted by molar-refractivity contribution is 0.127. The number of benzene rings is 1. The van der Waals surface area contributed by atoms with Gasteiger partial charge in [0.05, 0.1) is 10.5 Å². The molecule has 1 aromatic carbocycles. The quantitative estimate of drug-likeness (QED) is 0.214. The minimum atomic E-state index is -1.09. The highest BCUT2D eigenvalue weighted by Crippen LogP contribution is 2.32. The zero-order chi connectivity index (χ0) is 20.6. The van der Waals surface area contributed by atoms with Gasteiger partial charge in [-0.05, 0) is 23.7 Å². The van der Waals surface area contributed by atoms with Gasteiger partial charge >= 0.3 is 0 Å². The first-order valence-electron chi connectivity index (χ1n) is 9.47. The summed E-state index contributed by atoms with van der Waals surface area (Å²) in [7, 11) is -1.09. The molecule has 0 aliphatic rings. The molecule has 4 rings (SSSR count). The maximum Gasteiger partial charge on any atom is 0.156 e. The number of pyridine rings is 1. The van der Waals surface area contributed by atoms with Gasteiger partial charge in [-0.1, -0.05) is 55.0 Å². The van der Waals surface area contributed by atoms with Crippen LogP contribution in [0.2, 0.25) is 35.9 Å². The summed E-state index contributed by atoms with van der Waals surface area (Å²) in [4.78, 5) is 16.7. The van der Waals surface area contributed by atoms with E-state index >= 15 is 0 Å². The lowest BCUT2D eigenvalue weighted by Gasteiger charge is -2.14. The van der Waals surface area contributed by atoms with E-state index < -0.39 is 8.07 Å². The summed E-state index contributed by atoms with van der Waals surface area (Å²) in [5.74, 6) is 0.681. The van der Waals surface area contributed by atoms with Gasteiger partial charge in [-0.25, -0.2) is 15.0 Å². The number of hydrogen-bond donors (Lipinski definition) is 1. The second kappa shape index (κ2) is 8.03. The van der Waals surface area contributed by atoms with Gasteiger partial charge in [0.1, 0.15) is 17.4 Å². The molecular formula is C21H22Cl2N4OSi. The Balaban J connectivity index is 1.58. The summed E-state index contributed by atoms with van der Waals surface area (Å²) < 4.78 is 5.77. The third kappa shape index (κ3) is 4.61. The largest absolute Gasteiger partial charge is 0.374 e. The van der Waals surface area contributed by atoms with Crippen molar-refractivity contribution in [1.29, 1.82) is 0 Å². The second-order valence-corrected chi connectivity index (χ2v) is 14.7. The van der Waals surface area contributed by atoms with Crippen LogP contribution in [0.4, 0.5) is 0 Å². The number of fused-ring (bicyclic) bond motifs is 2. The number of ether oxygens (including phenoxy) is 1. The molecule has 0 fully saturated rings. The number of nitrogens with one attached hydrogen (secondary N) is 1. The minimum absolute atomic E-state index is 0.376. The molecule has 4 aromatic rings. The first kappa shape index (κ1) is 20.3. The molecule has 3 aromatic heterocycles. The first-order valence-corrected chi connectivity index (χ1v) is 13.9. The third-order valence-corrected chi connectivity index (χ3v) is 6.96. The molecule has 0 saturated carbocycles. The Morgan fingerprint density at radius 3 is 2.69 bits per heavy atom. The standard InChI is InChI=1S/C21H22Cl2N4OSi/c1-29(2,3)7-6-28-12-20-24-11-16-15(10-25-21(16)27-20)13-4-5-14-17(22)9-19(23)26-18(14)8-13/h4-5,8-11H,6-7,12H2,1-3H3,(H,24,25,27). The maximum atomic E-state index is 6.27. The van der Waals surface area contributed by atoms with Gasteiger partial charge in [-0.2, -0.15) is 0 Å². The molecule has 1 N–H and O–H groups in total. The molecule has 0 saturated heterocycles. The van der Waals surface area contributed by atoms with E-state index in [0.29, 0.717) is 22.6 Å². The summed E-state index contributed by atoms with van der Waals surface area (Å²) in [5.41, 5.74) is 3.54. The van der Waals surface area contributed by atoms with Crippen LogP contribution in [0.25, 0.3) is 33.1 Å². The van der Waals surface area contributed by atoms with Crippen molar-refractivity contribution in [1.82, 2.24) is 19.9 Å². The Morgan fingerprint density at radius 2 is 1.90 bits per heavy atom. The SMILES string of the molecule is C[Si](C)(C)CCOCc1ncc2c(-c3ccc4c(Cl)cc(Cl)nc4c3)c[nH]c2n1. The molecule has 29 heavy (non-hydrogen) atoms. The molecule has 8 heteroatoms. The maximum absolute atomic E-state index is 6.27. The molecule has 0 atom stereocenters. The van der Waals surface area contributed by atoms with Crippen LogP contribution < -0.4 is 0 Å². The number of H-pyrrole nitrogens is 1. The molecule has 0 bridgehead atoms. The van der Waals surface area contributed by atoms with E-state index in [1.54, 1.807) is 6.07 Å².